The SMILES string of the molecule is COCc1nc(C(Cc2ccccc2)NC(=O)CC2(c3oc(C)cc(=O)c3O)CCN(Cc3ccccc3)CC2)n[nH]1. The molecule has 1 fully saturated rings. The van der Waals surface area contributed by atoms with Crippen LogP contribution in [-0.2, 0) is 34.5 Å². The first-order chi connectivity index (χ1) is 20.3. The summed E-state index contributed by atoms with van der Waals surface area (Å²) in [5, 5.41) is 21.2. The molecule has 2 aromatic carbocycles. The topological polar surface area (TPSA) is 134 Å². The molecule has 1 unspecified atom stereocenters. The van der Waals surface area contributed by atoms with Crippen molar-refractivity contribution in [2.24, 2.45) is 0 Å². The van der Waals surface area contributed by atoms with Gasteiger partial charge in [0.1, 0.15) is 12.4 Å². The molecule has 1 atom stereocenters. The van der Waals surface area contributed by atoms with Crippen molar-refractivity contribution in [1.29, 1.82) is 0 Å². The number of nitrogens with zero attached hydrogens (tertiary/aromatic N) is 3. The van der Waals surface area contributed by atoms with Gasteiger partial charge in [-0.2, -0.15) is 5.10 Å². The Morgan fingerprint density at radius 3 is 2.45 bits per heavy atom. The van der Waals surface area contributed by atoms with Gasteiger partial charge < -0.3 is 19.6 Å². The van der Waals surface area contributed by atoms with Crippen molar-refractivity contribution in [2.75, 3.05) is 20.2 Å². The second-order valence-electron chi connectivity index (χ2n) is 11.0. The summed E-state index contributed by atoms with van der Waals surface area (Å²) in [5.74, 6) is 0.928. The molecule has 4 aromatic rings. The molecular formula is C32H37N5O5. The largest absolute Gasteiger partial charge is 0.502 e. The van der Waals surface area contributed by atoms with E-state index in [1.54, 1.807) is 14.0 Å². The quantitative estimate of drug-likeness (QED) is 0.247. The number of hydrogen-bond acceptors (Lipinski definition) is 8. The van der Waals surface area contributed by atoms with Crippen molar-refractivity contribution >= 4 is 5.91 Å². The van der Waals surface area contributed by atoms with Crippen LogP contribution in [0, 0.1) is 6.92 Å². The predicted octanol–water partition coefficient (Wildman–Crippen LogP) is 3.94. The van der Waals surface area contributed by atoms with Gasteiger partial charge in [-0.25, -0.2) is 4.98 Å². The van der Waals surface area contributed by atoms with E-state index < -0.39 is 22.6 Å². The maximum atomic E-state index is 13.8. The minimum Gasteiger partial charge on any atom is -0.502 e. The molecule has 0 aliphatic carbocycles. The van der Waals surface area contributed by atoms with Gasteiger partial charge in [0.05, 0.1) is 6.04 Å². The molecule has 1 saturated heterocycles. The van der Waals surface area contributed by atoms with Crippen molar-refractivity contribution in [3.63, 3.8) is 0 Å². The van der Waals surface area contributed by atoms with Gasteiger partial charge in [0.2, 0.25) is 17.1 Å². The van der Waals surface area contributed by atoms with Crippen LogP contribution in [0.25, 0.3) is 0 Å². The Bertz CT molecular complexity index is 1530. The Morgan fingerprint density at radius 1 is 1.12 bits per heavy atom. The zero-order valence-corrected chi connectivity index (χ0v) is 24.0. The summed E-state index contributed by atoms with van der Waals surface area (Å²) >= 11 is 0. The maximum absolute atomic E-state index is 13.8. The third-order valence-electron chi connectivity index (χ3n) is 7.85. The summed E-state index contributed by atoms with van der Waals surface area (Å²) in [6.07, 6.45) is 1.59. The second kappa shape index (κ2) is 13.1. The van der Waals surface area contributed by atoms with Crippen LogP contribution in [0.15, 0.2) is 75.9 Å². The van der Waals surface area contributed by atoms with Gasteiger partial charge in [-0.1, -0.05) is 60.7 Å². The fourth-order valence-electron chi connectivity index (χ4n) is 5.70. The lowest BCUT2D eigenvalue weighted by atomic mass is 9.72. The number of carbonyl (C=O) groups is 1. The van der Waals surface area contributed by atoms with Gasteiger partial charge in [0, 0.05) is 38.0 Å². The molecule has 3 heterocycles. The van der Waals surface area contributed by atoms with E-state index in [1.807, 2.05) is 48.5 Å². The summed E-state index contributed by atoms with van der Waals surface area (Å²) in [7, 11) is 1.58. The van der Waals surface area contributed by atoms with E-state index in [2.05, 4.69) is 37.5 Å². The molecule has 1 aliphatic rings. The third-order valence-corrected chi connectivity index (χ3v) is 7.85. The molecule has 10 nitrogen and oxygen atoms in total. The van der Waals surface area contributed by atoms with Crippen molar-refractivity contribution in [2.45, 2.75) is 57.2 Å². The number of benzene rings is 2. The van der Waals surface area contributed by atoms with E-state index in [4.69, 9.17) is 9.15 Å². The van der Waals surface area contributed by atoms with E-state index in [0.29, 0.717) is 49.8 Å². The van der Waals surface area contributed by atoms with Crippen molar-refractivity contribution in [3.05, 3.63) is 111 Å². The summed E-state index contributed by atoms with van der Waals surface area (Å²) in [4.78, 5) is 33.3. The summed E-state index contributed by atoms with van der Waals surface area (Å²) in [5.41, 5.74) is 0.862. The number of aromatic hydroxyl groups is 1. The number of H-pyrrole nitrogens is 1. The van der Waals surface area contributed by atoms with E-state index in [9.17, 15) is 14.7 Å². The second-order valence-corrected chi connectivity index (χ2v) is 11.0. The fraction of sp³-hybridized carbons (Fsp3) is 0.375. The van der Waals surface area contributed by atoms with Gasteiger partial charge in [-0.15, -0.1) is 0 Å². The Kier molecular flexibility index (Phi) is 9.14. The number of aromatic amines is 1. The average Bonchev–Trinajstić information content (AvgIpc) is 3.46. The van der Waals surface area contributed by atoms with E-state index in [0.717, 1.165) is 12.1 Å². The number of likely N-dealkylation sites (tertiary alicyclic amines) is 1. The number of aryl methyl sites for hydroxylation is 1. The maximum Gasteiger partial charge on any atom is 0.227 e. The molecular weight excluding hydrogens is 534 g/mol. The lowest BCUT2D eigenvalue weighted by molar-refractivity contribution is -0.124. The minimum atomic E-state index is -0.857. The van der Waals surface area contributed by atoms with E-state index in [-0.39, 0.29) is 24.7 Å². The van der Waals surface area contributed by atoms with Gasteiger partial charge in [0.25, 0.3) is 0 Å². The third kappa shape index (κ3) is 6.95. The predicted molar refractivity (Wildman–Crippen MR) is 157 cm³/mol. The van der Waals surface area contributed by atoms with Crippen LogP contribution in [0.3, 0.4) is 0 Å². The van der Waals surface area contributed by atoms with Crippen molar-refractivity contribution in [1.82, 2.24) is 25.4 Å². The molecule has 0 saturated carbocycles. The van der Waals surface area contributed by atoms with Gasteiger partial charge >= 0.3 is 0 Å². The minimum absolute atomic E-state index is 0.0345. The van der Waals surface area contributed by atoms with Crippen molar-refractivity contribution in [3.8, 4) is 5.75 Å². The zero-order valence-electron chi connectivity index (χ0n) is 24.0. The Morgan fingerprint density at radius 2 is 1.79 bits per heavy atom. The van der Waals surface area contributed by atoms with E-state index in [1.165, 1.54) is 11.6 Å². The highest BCUT2D eigenvalue weighted by atomic mass is 16.5. The highest BCUT2D eigenvalue weighted by Gasteiger charge is 2.43. The molecule has 10 heteroatoms. The molecule has 2 aromatic heterocycles. The monoisotopic (exact) mass is 571 g/mol. The van der Waals surface area contributed by atoms with Gasteiger partial charge in [-0.05, 0) is 44.0 Å². The van der Waals surface area contributed by atoms with Crippen molar-refractivity contribution < 1.29 is 19.1 Å². The lowest BCUT2D eigenvalue weighted by Gasteiger charge is -2.41. The number of hydrogen-bond donors (Lipinski definition) is 3. The first-order valence-corrected chi connectivity index (χ1v) is 14.2. The average molecular weight is 572 g/mol. The molecule has 0 radical (unpaired) electrons. The van der Waals surface area contributed by atoms with Crippen LogP contribution in [0.4, 0.5) is 0 Å². The standard InChI is InChI=1S/C32H37N5O5/c1-22-17-26(38)29(40)30(42-22)32(13-15-37(16-14-32)20-24-11-7-4-8-12-24)19-28(39)33-25(18-23-9-5-3-6-10-23)31-34-27(21-41-2)35-36-31/h3-12,17,25,40H,13-16,18-21H2,1-2H3,(H,33,39)(H,34,35,36). The zero-order chi connectivity index (χ0) is 29.5. The number of ether oxygens (including phenoxy) is 1. The van der Waals surface area contributed by atoms with Gasteiger partial charge in [-0.3, -0.25) is 19.6 Å². The summed E-state index contributed by atoms with van der Waals surface area (Å²) in [6.45, 7) is 4.08. The van der Waals surface area contributed by atoms with Crippen LogP contribution in [0.5, 0.6) is 5.75 Å². The summed E-state index contributed by atoms with van der Waals surface area (Å²) in [6, 6.07) is 20.8. The van der Waals surface area contributed by atoms with Gasteiger partial charge in [0.15, 0.2) is 17.4 Å². The summed E-state index contributed by atoms with van der Waals surface area (Å²) < 4.78 is 11.2. The Hall–Kier alpha value is -4.28. The van der Waals surface area contributed by atoms with E-state index >= 15 is 0 Å². The van der Waals surface area contributed by atoms with Crippen LogP contribution in [-0.4, -0.2) is 51.3 Å². The van der Waals surface area contributed by atoms with Crippen LogP contribution >= 0.6 is 0 Å². The number of amides is 1. The lowest BCUT2D eigenvalue weighted by Crippen LogP contribution is -2.46. The molecule has 3 N–H and O–H groups in total. The highest BCUT2D eigenvalue weighted by molar-refractivity contribution is 5.78. The Labute approximate surface area is 244 Å². The molecule has 5 rings (SSSR count). The fourth-order valence-corrected chi connectivity index (χ4v) is 5.70. The number of carbonyl (C=O) groups excluding carboxylic acids is 1. The first-order valence-electron chi connectivity index (χ1n) is 14.2. The van der Waals surface area contributed by atoms with Crippen LogP contribution in [0.2, 0.25) is 0 Å². The molecule has 0 spiro atoms. The number of rotatable bonds is 11. The molecule has 1 amide bonds. The van der Waals surface area contributed by atoms with Crippen LogP contribution < -0.4 is 10.7 Å². The normalized spacial score (nSPS) is 15.8. The first kappa shape index (κ1) is 29.2. The number of methoxy groups -OCH3 is 1. The number of aromatic nitrogens is 3. The molecule has 220 valence electrons. The molecule has 1 aliphatic heterocycles. The number of piperidine rings is 1. The smallest absolute Gasteiger partial charge is 0.227 e. The highest BCUT2D eigenvalue weighted by Crippen LogP contribution is 2.42. The number of nitrogens with one attached hydrogen (secondary N) is 2. The Balaban J connectivity index is 1.40. The van der Waals surface area contributed by atoms with Crippen LogP contribution in [0.1, 0.15) is 59.6 Å². The molecule has 0 bridgehead atoms. The molecule has 42 heavy (non-hydrogen) atoms.